The fraction of sp³-hybridized carbons (Fsp3) is 0.533. The number of hydrogen-bond acceptors (Lipinski definition) is 6. The van der Waals surface area contributed by atoms with Crippen LogP contribution in [0.1, 0.15) is 22.6 Å². The van der Waals surface area contributed by atoms with E-state index in [-0.39, 0.29) is 19.2 Å². The van der Waals surface area contributed by atoms with Crippen LogP contribution in [0.15, 0.2) is 12.1 Å². The topological polar surface area (TPSA) is 55.8 Å². The van der Waals surface area contributed by atoms with Crippen molar-refractivity contribution in [1.82, 2.24) is 0 Å². The molecule has 3 rings (SSSR count). The van der Waals surface area contributed by atoms with Gasteiger partial charge in [-0.05, 0) is 31.9 Å². The van der Waals surface area contributed by atoms with E-state index < -0.39 is 11.5 Å². The molecule has 2 aromatic rings. The van der Waals surface area contributed by atoms with Crippen molar-refractivity contribution in [3.63, 3.8) is 0 Å². The fourth-order valence-electron chi connectivity index (χ4n) is 2.37. The number of aliphatic hydroxyl groups is 1. The fourth-order valence-corrected chi connectivity index (χ4v) is 4.92. The molecule has 1 N–H and O–H groups in total. The Bertz CT molecular complexity index is 618. The Kier molecular flexibility index (Phi) is 4.05. The standard InChI is InChI=1S/C15H18O4S2/c1-9-5-11-12(20-9)6-13(21-11)15(3-4-15)14(17)19-8-10(7-16)18-2/h5-6,10,16H,3-4,7-8H2,1-2H3. The van der Waals surface area contributed by atoms with E-state index in [9.17, 15) is 4.79 Å². The molecular weight excluding hydrogens is 308 g/mol. The van der Waals surface area contributed by atoms with Crippen molar-refractivity contribution in [1.29, 1.82) is 0 Å². The highest BCUT2D eigenvalue weighted by molar-refractivity contribution is 7.27. The average Bonchev–Trinajstić information content (AvgIpc) is 3.08. The maximum absolute atomic E-state index is 12.4. The quantitative estimate of drug-likeness (QED) is 0.829. The summed E-state index contributed by atoms with van der Waals surface area (Å²) in [4.78, 5) is 14.8. The predicted octanol–water partition coefficient (Wildman–Crippen LogP) is 2.85. The third-order valence-electron chi connectivity index (χ3n) is 3.88. The maximum atomic E-state index is 12.4. The number of thiophene rings is 2. The number of carbonyl (C=O) groups is 1. The van der Waals surface area contributed by atoms with Gasteiger partial charge in [0.1, 0.15) is 18.1 Å². The zero-order chi connectivity index (χ0) is 15.0. The van der Waals surface area contributed by atoms with Gasteiger partial charge in [-0.3, -0.25) is 4.79 Å². The second-order valence-electron chi connectivity index (χ2n) is 5.42. The summed E-state index contributed by atoms with van der Waals surface area (Å²) < 4.78 is 12.9. The minimum Gasteiger partial charge on any atom is -0.462 e. The zero-order valence-corrected chi connectivity index (χ0v) is 13.7. The first-order chi connectivity index (χ1) is 10.1. The molecule has 0 aliphatic heterocycles. The first-order valence-electron chi connectivity index (χ1n) is 6.90. The van der Waals surface area contributed by atoms with Crippen molar-refractivity contribution >= 4 is 38.0 Å². The number of methoxy groups -OCH3 is 1. The number of ether oxygens (including phenoxy) is 2. The molecule has 0 radical (unpaired) electrons. The summed E-state index contributed by atoms with van der Waals surface area (Å²) in [5.41, 5.74) is -0.453. The molecule has 1 unspecified atom stereocenters. The Morgan fingerprint density at radius 3 is 2.67 bits per heavy atom. The van der Waals surface area contributed by atoms with Gasteiger partial charge in [0, 0.05) is 26.3 Å². The third-order valence-corrected chi connectivity index (χ3v) is 6.29. The molecule has 1 aliphatic carbocycles. The molecule has 114 valence electrons. The number of hydrogen-bond donors (Lipinski definition) is 1. The lowest BCUT2D eigenvalue weighted by atomic mass is 10.1. The molecular formula is C15H18O4S2. The molecule has 6 heteroatoms. The molecule has 2 aromatic heterocycles. The molecule has 0 bridgehead atoms. The van der Waals surface area contributed by atoms with E-state index in [1.54, 1.807) is 22.7 Å². The third kappa shape index (κ3) is 2.73. The predicted molar refractivity (Wildman–Crippen MR) is 84.2 cm³/mol. The van der Waals surface area contributed by atoms with Crippen LogP contribution in [-0.4, -0.2) is 37.5 Å². The van der Waals surface area contributed by atoms with Gasteiger partial charge < -0.3 is 14.6 Å². The van der Waals surface area contributed by atoms with E-state index >= 15 is 0 Å². The highest BCUT2D eigenvalue weighted by Crippen LogP contribution is 2.53. The molecule has 0 aromatic carbocycles. The van der Waals surface area contributed by atoms with Crippen molar-refractivity contribution in [3.8, 4) is 0 Å². The normalized spacial score (nSPS) is 17.9. The molecule has 1 fully saturated rings. The average molecular weight is 326 g/mol. The van der Waals surface area contributed by atoms with E-state index in [4.69, 9.17) is 14.6 Å². The Morgan fingerprint density at radius 2 is 2.10 bits per heavy atom. The minimum atomic E-state index is -0.453. The summed E-state index contributed by atoms with van der Waals surface area (Å²) in [6, 6.07) is 4.30. The van der Waals surface area contributed by atoms with Crippen LogP contribution in [0.3, 0.4) is 0 Å². The molecule has 0 amide bonds. The van der Waals surface area contributed by atoms with Gasteiger partial charge in [-0.25, -0.2) is 0 Å². The maximum Gasteiger partial charge on any atom is 0.317 e. The van der Waals surface area contributed by atoms with Crippen LogP contribution in [0.25, 0.3) is 9.40 Å². The van der Waals surface area contributed by atoms with Crippen molar-refractivity contribution in [2.75, 3.05) is 20.3 Å². The number of esters is 1. The Labute approximate surface area is 131 Å². The number of aliphatic hydroxyl groups excluding tert-OH is 1. The SMILES string of the molecule is COC(CO)COC(=O)C1(c2cc3sc(C)cc3s2)CC1. The van der Waals surface area contributed by atoms with Gasteiger partial charge in [-0.15, -0.1) is 22.7 Å². The Hall–Kier alpha value is -0.950. The molecule has 0 saturated heterocycles. The number of rotatable bonds is 6. The summed E-state index contributed by atoms with van der Waals surface area (Å²) >= 11 is 3.45. The van der Waals surface area contributed by atoms with E-state index in [0.29, 0.717) is 0 Å². The second-order valence-corrected chi connectivity index (χ2v) is 7.79. The molecule has 1 saturated carbocycles. The van der Waals surface area contributed by atoms with Crippen LogP contribution in [0.4, 0.5) is 0 Å². The molecule has 0 spiro atoms. The van der Waals surface area contributed by atoms with Gasteiger partial charge in [0.25, 0.3) is 0 Å². The lowest BCUT2D eigenvalue weighted by Gasteiger charge is -2.16. The van der Waals surface area contributed by atoms with E-state index in [1.165, 1.54) is 21.4 Å². The van der Waals surface area contributed by atoms with Gasteiger partial charge >= 0.3 is 5.97 Å². The van der Waals surface area contributed by atoms with Gasteiger partial charge in [-0.1, -0.05) is 0 Å². The summed E-state index contributed by atoms with van der Waals surface area (Å²) in [5.74, 6) is -0.191. The lowest BCUT2D eigenvalue weighted by Crippen LogP contribution is -2.29. The van der Waals surface area contributed by atoms with Crippen LogP contribution in [0.5, 0.6) is 0 Å². The van der Waals surface area contributed by atoms with E-state index in [2.05, 4.69) is 19.1 Å². The largest absolute Gasteiger partial charge is 0.462 e. The lowest BCUT2D eigenvalue weighted by molar-refractivity contribution is -0.151. The first kappa shape index (κ1) is 15.0. The summed E-state index contributed by atoms with van der Waals surface area (Å²) in [7, 11) is 1.50. The summed E-state index contributed by atoms with van der Waals surface area (Å²) in [6.45, 7) is 2.05. The Balaban J connectivity index is 1.74. The van der Waals surface area contributed by atoms with Gasteiger partial charge in [0.2, 0.25) is 0 Å². The monoisotopic (exact) mass is 326 g/mol. The highest BCUT2D eigenvalue weighted by Gasteiger charge is 2.54. The molecule has 1 atom stereocenters. The zero-order valence-electron chi connectivity index (χ0n) is 12.0. The van der Waals surface area contributed by atoms with Crippen LogP contribution in [0, 0.1) is 6.92 Å². The van der Waals surface area contributed by atoms with Gasteiger partial charge in [0.15, 0.2) is 0 Å². The highest BCUT2D eigenvalue weighted by atomic mass is 32.1. The summed E-state index contributed by atoms with van der Waals surface area (Å²) in [6.07, 6.45) is 1.24. The molecule has 2 heterocycles. The second kappa shape index (κ2) is 5.68. The van der Waals surface area contributed by atoms with E-state index in [1.807, 2.05) is 0 Å². The van der Waals surface area contributed by atoms with Crippen molar-refractivity contribution < 1.29 is 19.4 Å². The number of fused-ring (bicyclic) bond motifs is 1. The smallest absolute Gasteiger partial charge is 0.317 e. The van der Waals surface area contributed by atoms with E-state index in [0.717, 1.165) is 17.7 Å². The van der Waals surface area contributed by atoms with Gasteiger partial charge in [0.05, 0.1) is 6.61 Å². The number of carbonyl (C=O) groups excluding carboxylic acids is 1. The minimum absolute atomic E-state index is 0.104. The van der Waals surface area contributed by atoms with Crippen LogP contribution < -0.4 is 0 Å². The van der Waals surface area contributed by atoms with Crippen LogP contribution in [0.2, 0.25) is 0 Å². The first-order valence-corrected chi connectivity index (χ1v) is 8.53. The molecule has 21 heavy (non-hydrogen) atoms. The van der Waals surface area contributed by atoms with Crippen molar-refractivity contribution in [3.05, 3.63) is 21.9 Å². The van der Waals surface area contributed by atoms with Crippen molar-refractivity contribution in [2.24, 2.45) is 0 Å². The number of aryl methyl sites for hydroxylation is 1. The Morgan fingerprint density at radius 1 is 1.38 bits per heavy atom. The van der Waals surface area contributed by atoms with Gasteiger partial charge in [-0.2, -0.15) is 0 Å². The van der Waals surface area contributed by atoms with Crippen LogP contribution in [-0.2, 0) is 19.7 Å². The summed E-state index contributed by atoms with van der Waals surface area (Å²) in [5, 5.41) is 9.05. The van der Waals surface area contributed by atoms with Crippen molar-refractivity contribution in [2.45, 2.75) is 31.3 Å². The van der Waals surface area contributed by atoms with Crippen LogP contribution >= 0.6 is 22.7 Å². The molecule has 4 nitrogen and oxygen atoms in total. The molecule has 1 aliphatic rings.